The SMILES string of the molecule is CCCNC(Cc1ccc(C)cc1)c1ncccc1F. The lowest BCUT2D eigenvalue weighted by Gasteiger charge is -2.18. The average molecular weight is 272 g/mol. The Morgan fingerprint density at radius 3 is 2.60 bits per heavy atom. The molecule has 1 atom stereocenters. The molecule has 2 rings (SSSR count). The third kappa shape index (κ3) is 3.87. The van der Waals surface area contributed by atoms with Gasteiger partial charge in [0.15, 0.2) is 0 Å². The van der Waals surface area contributed by atoms with E-state index in [1.54, 1.807) is 12.3 Å². The van der Waals surface area contributed by atoms with Crippen molar-refractivity contribution in [3.05, 3.63) is 65.2 Å². The molecule has 2 nitrogen and oxygen atoms in total. The minimum atomic E-state index is -0.242. The molecular weight excluding hydrogens is 251 g/mol. The molecule has 1 aromatic heterocycles. The Balaban J connectivity index is 2.19. The lowest BCUT2D eigenvalue weighted by atomic mass is 10.0. The van der Waals surface area contributed by atoms with Crippen molar-refractivity contribution in [2.45, 2.75) is 32.7 Å². The Bertz CT molecular complexity index is 537. The summed E-state index contributed by atoms with van der Waals surface area (Å²) in [4.78, 5) is 4.21. The van der Waals surface area contributed by atoms with Gasteiger partial charge in [0.2, 0.25) is 0 Å². The molecule has 20 heavy (non-hydrogen) atoms. The highest BCUT2D eigenvalue weighted by molar-refractivity contribution is 5.24. The molecule has 0 fully saturated rings. The number of aryl methyl sites for hydroxylation is 1. The van der Waals surface area contributed by atoms with Gasteiger partial charge in [-0.3, -0.25) is 4.98 Å². The minimum absolute atomic E-state index is 0.0844. The molecule has 0 aliphatic rings. The van der Waals surface area contributed by atoms with Gasteiger partial charge >= 0.3 is 0 Å². The highest BCUT2D eigenvalue weighted by Gasteiger charge is 2.16. The van der Waals surface area contributed by atoms with Gasteiger partial charge < -0.3 is 5.32 Å². The van der Waals surface area contributed by atoms with E-state index in [4.69, 9.17) is 0 Å². The van der Waals surface area contributed by atoms with Gasteiger partial charge in [0.25, 0.3) is 0 Å². The first-order valence-electron chi connectivity index (χ1n) is 7.10. The Hall–Kier alpha value is -1.74. The molecule has 3 heteroatoms. The molecular formula is C17H21FN2. The van der Waals surface area contributed by atoms with Gasteiger partial charge in [-0.05, 0) is 44.0 Å². The normalized spacial score (nSPS) is 12.3. The fourth-order valence-electron chi connectivity index (χ4n) is 2.20. The number of rotatable bonds is 6. The van der Waals surface area contributed by atoms with Crippen molar-refractivity contribution in [3.8, 4) is 0 Å². The maximum atomic E-state index is 13.9. The van der Waals surface area contributed by atoms with Gasteiger partial charge in [-0.15, -0.1) is 0 Å². The quantitative estimate of drug-likeness (QED) is 0.865. The summed E-state index contributed by atoms with van der Waals surface area (Å²) in [5.41, 5.74) is 2.92. The van der Waals surface area contributed by atoms with Crippen LogP contribution in [0, 0.1) is 12.7 Å². The lowest BCUT2D eigenvalue weighted by Crippen LogP contribution is -2.26. The first-order chi connectivity index (χ1) is 9.70. The summed E-state index contributed by atoms with van der Waals surface area (Å²) < 4.78 is 13.9. The zero-order chi connectivity index (χ0) is 14.4. The predicted octanol–water partition coefficient (Wildman–Crippen LogP) is 3.81. The third-order valence-corrected chi connectivity index (χ3v) is 3.32. The zero-order valence-corrected chi connectivity index (χ0v) is 12.1. The molecule has 0 saturated carbocycles. The van der Waals surface area contributed by atoms with Crippen molar-refractivity contribution >= 4 is 0 Å². The standard InChI is InChI=1S/C17H21FN2/c1-3-10-19-16(17-15(18)5-4-11-20-17)12-14-8-6-13(2)7-9-14/h4-9,11,16,19H,3,10,12H2,1-2H3. The van der Waals surface area contributed by atoms with Crippen LogP contribution in [0.5, 0.6) is 0 Å². The number of halogens is 1. The Morgan fingerprint density at radius 1 is 1.20 bits per heavy atom. The maximum absolute atomic E-state index is 13.9. The molecule has 1 N–H and O–H groups in total. The second-order valence-electron chi connectivity index (χ2n) is 5.07. The van der Waals surface area contributed by atoms with Crippen molar-refractivity contribution in [1.82, 2.24) is 10.3 Å². The van der Waals surface area contributed by atoms with Gasteiger partial charge in [0, 0.05) is 6.20 Å². The van der Waals surface area contributed by atoms with Crippen molar-refractivity contribution < 1.29 is 4.39 Å². The van der Waals surface area contributed by atoms with Crippen LogP contribution in [-0.2, 0) is 6.42 Å². The second kappa shape index (κ2) is 7.15. The minimum Gasteiger partial charge on any atom is -0.308 e. The molecule has 0 spiro atoms. The van der Waals surface area contributed by atoms with Gasteiger partial charge in [0.05, 0.1) is 11.7 Å². The van der Waals surface area contributed by atoms with Crippen molar-refractivity contribution in [3.63, 3.8) is 0 Å². The van der Waals surface area contributed by atoms with Crippen molar-refractivity contribution in [2.75, 3.05) is 6.54 Å². The van der Waals surface area contributed by atoms with Crippen LogP contribution in [0.1, 0.15) is 36.2 Å². The first-order valence-corrected chi connectivity index (χ1v) is 7.10. The van der Waals surface area contributed by atoms with E-state index in [0.29, 0.717) is 5.69 Å². The highest BCUT2D eigenvalue weighted by Crippen LogP contribution is 2.19. The number of aromatic nitrogens is 1. The molecule has 0 aliphatic heterocycles. The molecule has 0 bridgehead atoms. The third-order valence-electron chi connectivity index (χ3n) is 3.32. The summed E-state index contributed by atoms with van der Waals surface area (Å²) in [6, 6.07) is 11.4. The monoisotopic (exact) mass is 272 g/mol. The topological polar surface area (TPSA) is 24.9 Å². The van der Waals surface area contributed by atoms with E-state index < -0.39 is 0 Å². The van der Waals surface area contributed by atoms with E-state index in [2.05, 4.69) is 48.4 Å². The molecule has 106 valence electrons. The van der Waals surface area contributed by atoms with Crippen LogP contribution in [0.3, 0.4) is 0 Å². The van der Waals surface area contributed by atoms with Gasteiger partial charge in [-0.1, -0.05) is 36.8 Å². The molecule has 0 radical (unpaired) electrons. The number of nitrogens with zero attached hydrogens (tertiary/aromatic N) is 1. The van der Waals surface area contributed by atoms with Gasteiger partial charge in [-0.2, -0.15) is 0 Å². The lowest BCUT2D eigenvalue weighted by molar-refractivity contribution is 0.483. The van der Waals surface area contributed by atoms with Crippen molar-refractivity contribution in [1.29, 1.82) is 0 Å². The predicted molar refractivity (Wildman–Crippen MR) is 80.1 cm³/mol. The fraction of sp³-hybridized carbons (Fsp3) is 0.353. The maximum Gasteiger partial charge on any atom is 0.146 e. The van der Waals surface area contributed by atoms with Crippen LogP contribution in [0.2, 0.25) is 0 Å². The molecule has 0 saturated heterocycles. The molecule has 0 aliphatic carbocycles. The number of nitrogens with one attached hydrogen (secondary N) is 1. The van der Waals surface area contributed by atoms with Crippen LogP contribution in [0.15, 0.2) is 42.6 Å². The van der Waals surface area contributed by atoms with E-state index in [9.17, 15) is 4.39 Å². The fourth-order valence-corrected chi connectivity index (χ4v) is 2.20. The van der Waals surface area contributed by atoms with E-state index in [1.807, 2.05) is 0 Å². The highest BCUT2D eigenvalue weighted by atomic mass is 19.1. The van der Waals surface area contributed by atoms with E-state index in [1.165, 1.54) is 17.2 Å². The molecule has 2 aromatic rings. The van der Waals surface area contributed by atoms with E-state index >= 15 is 0 Å². The molecule has 1 aromatic carbocycles. The molecule has 0 amide bonds. The van der Waals surface area contributed by atoms with Crippen LogP contribution in [0.4, 0.5) is 4.39 Å². The number of hydrogen-bond acceptors (Lipinski definition) is 2. The zero-order valence-electron chi connectivity index (χ0n) is 12.1. The summed E-state index contributed by atoms with van der Waals surface area (Å²) >= 11 is 0. The van der Waals surface area contributed by atoms with E-state index in [0.717, 1.165) is 19.4 Å². The van der Waals surface area contributed by atoms with Crippen molar-refractivity contribution in [2.24, 2.45) is 0 Å². The summed E-state index contributed by atoms with van der Waals surface area (Å²) in [6.07, 6.45) is 3.40. The smallest absolute Gasteiger partial charge is 0.146 e. The largest absolute Gasteiger partial charge is 0.308 e. The summed E-state index contributed by atoms with van der Waals surface area (Å²) in [7, 11) is 0. The Labute approximate surface area is 120 Å². The van der Waals surface area contributed by atoms with Crippen LogP contribution in [0.25, 0.3) is 0 Å². The first kappa shape index (κ1) is 14.7. The number of pyridine rings is 1. The van der Waals surface area contributed by atoms with E-state index in [-0.39, 0.29) is 11.9 Å². The molecule has 1 heterocycles. The summed E-state index contributed by atoms with van der Waals surface area (Å²) in [5, 5.41) is 3.39. The number of hydrogen-bond donors (Lipinski definition) is 1. The van der Waals surface area contributed by atoms with Crippen LogP contribution in [-0.4, -0.2) is 11.5 Å². The Kier molecular flexibility index (Phi) is 5.24. The summed E-state index contributed by atoms with van der Waals surface area (Å²) in [6.45, 7) is 5.02. The molecule has 1 unspecified atom stereocenters. The van der Waals surface area contributed by atoms with Gasteiger partial charge in [-0.25, -0.2) is 4.39 Å². The number of benzene rings is 1. The Morgan fingerprint density at radius 2 is 1.95 bits per heavy atom. The summed E-state index contributed by atoms with van der Waals surface area (Å²) in [5.74, 6) is -0.242. The second-order valence-corrected chi connectivity index (χ2v) is 5.07. The van der Waals surface area contributed by atoms with Crippen LogP contribution < -0.4 is 5.32 Å². The average Bonchev–Trinajstić information content (AvgIpc) is 2.46. The van der Waals surface area contributed by atoms with Gasteiger partial charge in [0.1, 0.15) is 5.82 Å². The van der Waals surface area contributed by atoms with Crippen LogP contribution >= 0.6 is 0 Å².